The summed E-state index contributed by atoms with van der Waals surface area (Å²) in [5.74, 6) is -0.177. The van der Waals surface area contributed by atoms with Crippen molar-refractivity contribution in [2.75, 3.05) is 32.8 Å². The Kier molecular flexibility index (Phi) is 6.77. The summed E-state index contributed by atoms with van der Waals surface area (Å²) in [5, 5.41) is 0. The second-order valence-electron chi connectivity index (χ2n) is 8.19. The topological polar surface area (TPSA) is 62.7 Å². The predicted molar refractivity (Wildman–Crippen MR) is 119 cm³/mol. The zero-order chi connectivity index (χ0) is 21.6. The van der Waals surface area contributed by atoms with Crippen LogP contribution in [0.15, 0.2) is 61.4 Å². The molecule has 0 radical (unpaired) electrons. The Bertz CT molecular complexity index is 907. The molecule has 6 nitrogen and oxygen atoms in total. The van der Waals surface area contributed by atoms with Crippen LogP contribution < -0.4 is 0 Å². The molecule has 6 heteroatoms. The number of rotatable bonds is 6. The van der Waals surface area contributed by atoms with Crippen LogP contribution in [0.25, 0.3) is 11.1 Å². The Balaban J connectivity index is 1.51. The molecule has 4 rings (SSSR count). The van der Waals surface area contributed by atoms with Crippen LogP contribution >= 0.6 is 0 Å². The van der Waals surface area contributed by atoms with Gasteiger partial charge >= 0.3 is 0 Å². The van der Waals surface area contributed by atoms with Gasteiger partial charge in [-0.2, -0.15) is 0 Å². The number of nitrogens with zero attached hydrogens (tertiary/aromatic N) is 3. The quantitative estimate of drug-likeness (QED) is 0.676. The van der Waals surface area contributed by atoms with Crippen LogP contribution in [0.5, 0.6) is 0 Å². The Hall–Kier alpha value is -2.99. The van der Waals surface area contributed by atoms with Crippen molar-refractivity contribution >= 4 is 11.8 Å². The summed E-state index contributed by atoms with van der Waals surface area (Å²) >= 11 is 0. The van der Waals surface area contributed by atoms with Gasteiger partial charge in [-0.15, -0.1) is 6.58 Å². The lowest BCUT2D eigenvalue weighted by Crippen LogP contribution is -2.42. The van der Waals surface area contributed by atoms with Crippen molar-refractivity contribution in [3.63, 3.8) is 0 Å². The molecule has 0 N–H and O–H groups in total. The lowest BCUT2D eigenvalue weighted by molar-refractivity contribution is -0.141. The van der Waals surface area contributed by atoms with E-state index in [1.807, 2.05) is 21.9 Å². The van der Waals surface area contributed by atoms with Gasteiger partial charge in [0.2, 0.25) is 5.91 Å². The highest BCUT2D eigenvalue weighted by atomic mass is 16.5. The Morgan fingerprint density at radius 1 is 1.13 bits per heavy atom. The fourth-order valence-corrected chi connectivity index (χ4v) is 4.37. The second-order valence-corrected chi connectivity index (χ2v) is 8.19. The number of hydrogen-bond donors (Lipinski definition) is 0. The largest absolute Gasteiger partial charge is 0.368 e. The highest BCUT2D eigenvalue weighted by Gasteiger charge is 2.35. The maximum absolute atomic E-state index is 13.2. The van der Waals surface area contributed by atoms with Crippen LogP contribution in [0.2, 0.25) is 0 Å². The van der Waals surface area contributed by atoms with Gasteiger partial charge in [-0.3, -0.25) is 14.6 Å². The minimum atomic E-state index is -0.360. The number of ether oxygens (including phenoxy) is 1. The molecular formula is C25H29N3O3. The number of carbonyl (C=O) groups excluding carboxylic acids is 2. The summed E-state index contributed by atoms with van der Waals surface area (Å²) in [6, 6.07) is 12.2. The number of pyridine rings is 1. The van der Waals surface area contributed by atoms with E-state index in [0.29, 0.717) is 39.2 Å². The van der Waals surface area contributed by atoms with Gasteiger partial charge in [0.05, 0.1) is 5.92 Å². The van der Waals surface area contributed by atoms with Crippen molar-refractivity contribution in [3.8, 4) is 11.1 Å². The fourth-order valence-electron chi connectivity index (χ4n) is 4.37. The molecule has 162 valence electrons. The normalized spacial score (nSPS) is 21.7. The number of hydrogen-bond acceptors (Lipinski definition) is 4. The minimum absolute atomic E-state index is 0.0174. The molecule has 0 saturated carbocycles. The summed E-state index contributed by atoms with van der Waals surface area (Å²) in [6.07, 6.45) is 7.22. The first-order valence-corrected chi connectivity index (χ1v) is 10.9. The van der Waals surface area contributed by atoms with E-state index in [-0.39, 0.29) is 23.8 Å². The van der Waals surface area contributed by atoms with Gasteiger partial charge in [0, 0.05) is 45.2 Å². The molecule has 31 heavy (non-hydrogen) atoms. The Morgan fingerprint density at radius 2 is 1.87 bits per heavy atom. The third kappa shape index (κ3) is 5.02. The van der Waals surface area contributed by atoms with Crippen LogP contribution in [0.4, 0.5) is 0 Å². The van der Waals surface area contributed by atoms with E-state index in [0.717, 1.165) is 29.5 Å². The first kappa shape index (κ1) is 21.2. The van der Waals surface area contributed by atoms with Crippen molar-refractivity contribution in [3.05, 3.63) is 67.0 Å². The smallest absolute Gasteiger partial charge is 0.251 e. The first-order chi connectivity index (χ1) is 15.2. The van der Waals surface area contributed by atoms with Crippen LogP contribution in [-0.4, -0.2) is 65.5 Å². The van der Waals surface area contributed by atoms with Crippen molar-refractivity contribution in [2.24, 2.45) is 5.92 Å². The predicted octanol–water partition coefficient (Wildman–Crippen LogP) is 2.94. The van der Waals surface area contributed by atoms with E-state index < -0.39 is 0 Å². The molecule has 1 aromatic carbocycles. The molecule has 2 aliphatic heterocycles. The van der Waals surface area contributed by atoms with E-state index in [9.17, 15) is 9.59 Å². The molecule has 2 saturated heterocycles. The molecule has 0 aliphatic carbocycles. The summed E-state index contributed by atoms with van der Waals surface area (Å²) < 4.78 is 5.61. The maximum Gasteiger partial charge on any atom is 0.251 e. The lowest BCUT2D eigenvalue weighted by atomic mass is 9.95. The summed E-state index contributed by atoms with van der Waals surface area (Å²) in [4.78, 5) is 33.9. The molecule has 2 fully saturated rings. The van der Waals surface area contributed by atoms with Gasteiger partial charge in [-0.25, -0.2) is 0 Å². The zero-order valence-corrected chi connectivity index (χ0v) is 17.8. The van der Waals surface area contributed by atoms with Crippen LogP contribution in [0.3, 0.4) is 0 Å². The van der Waals surface area contributed by atoms with Crippen LogP contribution in [0, 0.1) is 5.92 Å². The molecule has 2 atom stereocenters. The van der Waals surface area contributed by atoms with Crippen molar-refractivity contribution < 1.29 is 14.3 Å². The van der Waals surface area contributed by atoms with Gasteiger partial charge in [0.15, 0.2) is 0 Å². The number of aromatic nitrogens is 1. The zero-order valence-electron chi connectivity index (χ0n) is 17.8. The molecule has 0 spiro atoms. The van der Waals surface area contributed by atoms with Gasteiger partial charge in [-0.05, 0) is 48.1 Å². The van der Waals surface area contributed by atoms with Crippen LogP contribution in [0.1, 0.15) is 18.4 Å². The Labute approximate surface area is 183 Å². The average Bonchev–Trinajstić information content (AvgIpc) is 3.30. The molecule has 3 heterocycles. The fraction of sp³-hybridized carbons (Fsp3) is 0.400. The molecule has 2 aromatic rings. The highest BCUT2D eigenvalue weighted by molar-refractivity contribution is 5.84. The van der Waals surface area contributed by atoms with Crippen molar-refractivity contribution in [1.82, 2.24) is 14.8 Å². The van der Waals surface area contributed by atoms with E-state index in [4.69, 9.17) is 4.74 Å². The summed E-state index contributed by atoms with van der Waals surface area (Å²) in [7, 11) is 0. The third-order valence-corrected chi connectivity index (χ3v) is 6.06. The van der Waals surface area contributed by atoms with Crippen molar-refractivity contribution in [1.29, 1.82) is 0 Å². The highest BCUT2D eigenvalue weighted by Crippen LogP contribution is 2.23. The summed E-state index contributed by atoms with van der Waals surface area (Å²) in [6.45, 7) is 6.42. The van der Waals surface area contributed by atoms with E-state index >= 15 is 0 Å². The van der Waals surface area contributed by atoms with Gasteiger partial charge in [0.1, 0.15) is 6.10 Å². The minimum Gasteiger partial charge on any atom is -0.368 e. The SMILES string of the molecule is C=CCN1CCN(C(=O)[C@@H]2CCCO2)C[C@@H](Cc2ccc(-c3ccncc3)cc2)C1=O. The summed E-state index contributed by atoms with van der Waals surface area (Å²) in [5.41, 5.74) is 3.31. The first-order valence-electron chi connectivity index (χ1n) is 10.9. The number of benzene rings is 1. The standard InChI is InChI=1S/C25H29N3O3/c1-2-13-27-14-15-28(25(30)23-4-3-16-31-23)18-22(24(27)29)17-19-5-7-20(8-6-19)21-9-11-26-12-10-21/h2,5-12,22-23H,1,3-4,13-18H2/t22-,23+/m1/s1. The molecule has 2 amide bonds. The average molecular weight is 420 g/mol. The molecule has 0 unspecified atom stereocenters. The van der Waals surface area contributed by atoms with Crippen molar-refractivity contribution in [2.45, 2.75) is 25.4 Å². The molecule has 1 aromatic heterocycles. The van der Waals surface area contributed by atoms with Gasteiger partial charge in [0.25, 0.3) is 5.91 Å². The van der Waals surface area contributed by atoms with Gasteiger partial charge in [-0.1, -0.05) is 30.3 Å². The van der Waals surface area contributed by atoms with E-state index in [1.165, 1.54) is 0 Å². The monoisotopic (exact) mass is 419 g/mol. The second kappa shape index (κ2) is 9.88. The van der Waals surface area contributed by atoms with Crippen LogP contribution in [-0.2, 0) is 20.7 Å². The number of carbonyl (C=O) groups is 2. The molecule has 2 aliphatic rings. The lowest BCUT2D eigenvalue weighted by Gasteiger charge is -2.25. The molecule has 0 bridgehead atoms. The Morgan fingerprint density at radius 3 is 2.55 bits per heavy atom. The third-order valence-electron chi connectivity index (χ3n) is 6.06. The maximum atomic E-state index is 13.2. The van der Waals surface area contributed by atoms with E-state index in [1.54, 1.807) is 18.5 Å². The molecular weight excluding hydrogens is 390 g/mol. The van der Waals surface area contributed by atoms with E-state index in [2.05, 4.69) is 35.8 Å². The van der Waals surface area contributed by atoms with Gasteiger partial charge < -0.3 is 14.5 Å². The number of amides is 2.